The van der Waals surface area contributed by atoms with Crippen LogP contribution in [-0.2, 0) is 4.79 Å². The lowest BCUT2D eigenvalue weighted by Crippen LogP contribution is -2.37. The summed E-state index contributed by atoms with van der Waals surface area (Å²) < 4.78 is 12.9. The Morgan fingerprint density at radius 1 is 1.35 bits per heavy atom. The second-order valence-electron chi connectivity index (χ2n) is 4.91. The molecule has 5 heteroatoms. The first-order valence-corrected chi connectivity index (χ1v) is 6.67. The van der Waals surface area contributed by atoms with Gasteiger partial charge < -0.3 is 10.6 Å². The molecule has 0 bridgehead atoms. The van der Waals surface area contributed by atoms with Crippen LogP contribution in [0.5, 0.6) is 0 Å². The molecule has 1 unspecified atom stereocenters. The minimum Gasteiger partial charge on any atom is -0.354 e. The third-order valence-corrected chi connectivity index (χ3v) is 2.94. The Morgan fingerprint density at radius 3 is 2.55 bits per heavy atom. The summed E-state index contributed by atoms with van der Waals surface area (Å²) in [5.74, 6) is -0.147. The lowest BCUT2D eigenvalue weighted by Gasteiger charge is -2.22. The van der Waals surface area contributed by atoms with Crippen molar-refractivity contribution in [3.8, 4) is 6.07 Å². The van der Waals surface area contributed by atoms with E-state index in [0.717, 1.165) is 5.56 Å². The van der Waals surface area contributed by atoms with Crippen LogP contribution in [0.4, 0.5) is 4.39 Å². The van der Waals surface area contributed by atoms with Crippen molar-refractivity contribution in [1.82, 2.24) is 10.6 Å². The average molecular weight is 277 g/mol. The van der Waals surface area contributed by atoms with Gasteiger partial charge in [-0.2, -0.15) is 5.26 Å². The molecular weight excluding hydrogens is 257 g/mol. The van der Waals surface area contributed by atoms with Crippen molar-refractivity contribution in [2.75, 3.05) is 13.1 Å². The molecule has 0 heterocycles. The zero-order valence-electron chi connectivity index (χ0n) is 11.8. The van der Waals surface area contributed by atoms with E-state index in [1.165, 1.54) is 12.1 Å². The topological polar surface area (TPSA) is 64.9 Å². The van der Waals surface area contributed by atoms with Gasteiger partial charge >= 0.3 is 0 Å². The van der Waals surface area contributed by atoms with Crippen LogP contribution >= 0.6 is 0 Å². The molecule has 20 heavy (non-hydrogen) atoms. The van der Waals surface area contributed by atoms with Gasteiger partial charge in [0.2, 0.25) is 5.91 Å². The molecule has 0 radical (unpaired) electrons. The summed E-state index contributed by atoms with van der Waals surface area (Å²) in [6, 6.07) is 8.23. The number of carbonyl (C=O) groups is 1. The zero-order chi connectivity index (χ0) is 15.0. The van der Waals surface area contributed by atoms with E-state index in [4.69, 9.17) is 5.26 Å². The Balaban J connectivity index is 2.54. The number of benzene rings is 1. The van der Waals surface area contributed by atoms with Crippen molar-refractivity contribution < 1.29 is 9.18 Å². The van der Waals surface area contributed by atoms with Crippen LogP contribution < -0.4 is 10.6 Å². The molecule has 1 amide bonds. The number of rotatable bonds is 7. The van der Waals surface area contributed by atoms with E-state index in [1.807, 2.05) is 19.9 Å². The number of hydrogen-bond donors (Lipinski definition) is 2. The number of hydrogen-bond acceptors (Lipinski definition) is 3. The van der Waals surface area contributed by atoms with Crippen LogP contribution in [0.25, 0.3) is 0 Å². The fourth-order valence-electron chi connectivity index (χ4n) is 1.93. The van der Waals surface area contributed by atoms with E-state index < -0.39 is 0 Å². The van der Waals surface area contributed by atoms with Crippen LogP contribution in [-0.4, -0.2) is 19.0 Å². The third kappa shape index (κ3) is 5.37. The Hall–Kier alpha value is -1.93. The molecular formula is C15H20FN3O. The second-order valence-corrected chi connectivity index (χ2v) is 4.91. The van der Waals surface area contributed by atoms with Crippen LogP contribution in [0.2, 0.25) is 0 Å². The van der Waals surface area contributed by atoms with Crippen LogP contribution in [0, 0.1) is 23.1 Å². The second kappa shape index (κ2) is 8.28. The summed E-state index contributed by atoms with van der Waals surface area (Å²) in [6.07, 6.45) is 0.303. The number of carbonyl (C=O) groups excluding carboxylic acids is 1. The summed E-state index contributed by atoms with van der Waals surface area (Å²) >= 11 is 0. The monoisotopic (exact) mass is 277 g/mol. The highest BCUT2D eigenvalue weighted by Crippen LogP contribution is 2.21. The van der Waals surface area contributed by atoms with Gasteiger partial charge in [0.1, 0.15) is 5.82 Å². The van der Waals surface area contributed by atoms with Crippen molar-refractivity contribution in [3.63, 3.8) is 0 Å². The first-order chi connectivity index (χ1) is 9.54. The molecule has 0 saturated carbocycles. The van der Waals surface area contributed by atoms with Crippen LogP contribution in [0.1, 0.15) is 31.9 Å². The van der Waals surface area contributed by atoms with Gasteiger partial charge in [-0.05, 0) is 23.6 Å². The van der Waals surface area contributed by atoms with E-state index in [-0.39, 0.29) is 30.2 Å². The fourth-order valence-corrected chi connectivity index (χ4v) is 1.93. The largest absolute Gasteiger partial charge is 0.354 e. The molecule has 108 valence electrons. The van der Waals surface area contributed by atoms with Gasteiger partial charge in [-0.1, -0.05) is 26.0 Å². The Morgan fingerprint density at radius 2 is 2.00 bits per heavy atom. The first kappa shape index (κ1) is 16.1. The summed E-state index contributed by atoms with van der Waals surface area (Å²) in [6.45, 7) is 4.61. The Kier molecular flexibility index (Phi) is 6.68. The maximum absolute atomic E-state index is 12.9. The van der Waals surface area contributed by atoms with E-state index in [9.17, 15) is 9.18 Å². The Bertz CT molecular complexity index is 465. The highest BCUT2D eigenvalue weighted by molar-refractivity contribution is 5.78. The van der Waals surface area contributed by atoms with Gasteiger partial charge in [-0.15, -0.1) is 0 Å². The van der Waals surface area contributed by atoms with Crippen molar-refractivity contribution in [3.05, 3.63) is 35.6 Å². The third-order valence-electron chi connectivity index (χ3n) is 2.94. The predicted octanol–water partition coefficient (Wildman–Crippen LogP) is 2.14. The fraction of sp³-hybridized carbons (Fsp3) is 0.467. The number of amides is 1. The molecule has 4 nitrogen and oxygen atoms in total. The lowest BCUT2D eigenvalue weighted by atomic mass is 9.96. The zero-order valence-corrected chi connectivity index (χ0v) is 11.8. The van der Waals surface area contributed by atoms with Crippen molar-refractivity contribution >= 4 is 5.91 Å². The number of halogens is 1. The maximum atomic E-state index is 12.9. The smallest absolute Gasteiger partial charge is 0.234 e. The van der Waals surface area contributed by atoms with E-state index in [1.54, 1.807) is 12.1 Å². The van der Waals surface area contributed by atoms with Crippen molar-refractivity contribution in [2.45, 2.75) is 26.3 Å². The molecule has 0 aliphatic heterocycles. The van der Waals surface area contributed by atoms with Gasteiger partial charge in [-0.25, -0.2) is 4.39 Å². The standard InChI is InChI=1S/C15H20FN3O/c1-11(2)15(12-4-6-13(16)7-5-12)19-10-14(20)18-9-3-8-17/h4-7,11,15,19H,3,9-10H2,1-2H3,(H,18,20). The minimum atomic E-state index is -0.273. The summed E-state index contributed by atoms with van der Waals surface area (Å²) in [7, 11) is 0. The highest BCUT2D eigenvalue weighted by Gasteiger charge is 2.16. The van der Waals surface area contributed by atoms with E-state index >= 15 is 0 Å². The quantitative estimate of drug-likeness (QED) is 0.750. The lowest BCUT2D eigenvalue weighted by molar-refractivity contribution is -0.120. The average Bonchev–Trinajstić information content (AvgIpc) is 2.41. The van der Waals surface area contributed by atoms with Crippen molar-refractivity contribution in [1.29, 1.82) is 5.26 Å². The first-order valence-electron chi connectivity index (χ1n) is 6.67. The molecule has 0 fully saturated rings. The molecule has 1 aromatic carbocycles. The molecule has 0 spiro atoms. The van der Waals surface area contributed by atoms with Gasteiger partial charge in [0.05, 0.1) is 19.0 Å². The summed E-state index contributed by atoms with van der Waals surface area (Å²) in [4.78, 5) is 11.6. The summed E-state index contributed by atoms with van der Waals surface area (Å²) in [5.41, 5.74) is 0.950. The van der Waals surface area contributed by atoms with E-state index in [2.05, 4.69) is 10.6 Å². The van der Waals surface area contributed by atoms with Crippen LogP contribution in [0.3, 0.4) is 0 Å². The molecule has 0 aliphatic carbocycles. The maximum Gasteiger partial charge on any atom is 0.234 e. The Labute approximate surface area is 119 Å². The van der Waals surface area contributed by atoms with Gasteiger partial charge in [0.25, 0.3) is 0 Å². The molecule has 1 rings (SSSR count). The minimum absolute atomic E-state index is 0.0164. The normalized spacial score (nSPS) is 11.9. The molecule has 2 N–H and O–H groups in total. The molecule has 1 aromatic rings. The van der Waals surface area contributed by atoms with Crippen molar-refractivity contribution in [2.24, 2.45) is 5.92 Å². The summed E-state index contributed by atoms with van der Waals surface area (Å²) in [5, 5.41) is 14.2. The molecule has 0 saturated heterocycles. The van der Waals surface area contributed by atoms with Gasteiger partial charge in [-0.3, -0.25) is 4.79 Å². The van der Waals surface area contributed by atoms with Gasteiger partial charge in [0.15, 0.2) is 0 Å². The number of nitrogens with one attached hydrogen (secondary N) is 2. The molecule has 1 atom stereocenters. The van der Waals surface area contributed by atoms with Crippen LogP contribution in [0.15, 0.2) is 24.3 Å². The SMILES string of the molecule is CC(C)C(NCC(=O)NCCC#N)c1ccc(F)cc1. The molecule has 0 aliphatic rings. The number of nitrogens with zero attached hydrogens (tertiary/aromatic N) is 1. The molecule has 0 aromatic heterocycles. The number of nitriles is 1. The highest BCUT2D eigenvalue weighted by atomic mass is 19.1. The van der Waals surface area contributed by atoms with Gasteiger partial charge in [0, 0.05) is 12.6 Å². The predicted molar refractivity (Wildman–Crippen MR) is 75.2 cm³/mol. The van der Waals surface area contributed by atoms with E-state index in [0.29, 0.717) is 13.0 Å².